The molecule has 1 amide bonds. The first-order valence-electron chi connectivity index (χ1n) is 7.69. The maximum atomic E-state index is 11.8. The van der Waals surface area contributed by atoms with Crippen molar-refractivity contribution >= 4 is 17.4 Å². The summed E-state index contributed by atoms with van der Waals surface area (Å²) in [5, 5.41) is 14.0. The molecule has 1 aromatic heterocycles. The number of benzene rings is 1. The molecule has 2 aromatic rings. The van der Waals surface area contributed by atoms with Gasteiger partial charge in [0.05, 0.1) is 11.9 Å². The van der Waals surface area contributed by atoms with E-state index in [0.29, 0.717) is 25.3 Å². The van der Waals surface area contributed by atoms with Crippen LogP contribution in [0.2, 0.25) is 0 Å². The van der Waals surface area contributed by atoms with Gasteiger partial charge in [-0.05, 0) is 12.0 Å². The third kappa shape index (κ3) is 5.94. The van der Waals surface area contributed by atoms with Gasteiger partial charge in [-0.25, -0.2) is 0 Å². The maximum absolute atomic E-state index is 11.8. The van der Waals surface area contributed by atoms with Crippen LogP contribution in [-0.4, -0.2) is 43.3 Å². The summed E-state index contributed by atoms with van der Waals surface area (Å²) in [6, 6.07) is 11.9. The number of aryl methyl sites for hydroxylation is 1. The van der Waals surface area contributed by atoms with Crippen LogP contribution in [0.15, 0.2) is 42.6 Å². The van der Waals surface area contributed by atoms with Crippen LogP contribution in [0.5, 0.6) is 0 Å². The third-order valence-electron chi connectivity index (χ3n) is 3.39. The molecule has 0 aliphatic rings. The van der Waals surface area contributed by atoms with Crippen molar-refractivity contribution in [3.8, 4) is 0 Å². The van der Waals surface area contributed by atoms with Gasteiger partial charge >= 0.3 is 0 Å². The van der Waals surface area contributed by atoms with Crippen molar-refractivity contribution in [2.75, 3.05) is 37.4 Å². The molecule has 1 aromatic carbocycles. The Morgan fingerprint density at radius 1 is 1.17 bits per heavy atom. The highest BCUT2D eigenvalue weighted by Gasteiger charge is 2.02. The molecule has 0 spiro atoms. The van der Waals surface area contributed by atoms with E-state index in [1.807, 2.05) is 55.4 Å². The zero-order valence-electron chi connectivity index (χ0n) is 13.6. The lowest BCUT2D eigenvalue weighted by atomic mass is 10.1. The van der Waals surface area contributed by atoms with Crippen molar-refractivity contribution in [3.05, 3.63) is 48.2 Å². The van der Waals surface area contributed by atoms with Gasteiger partial charge in [0.25, 0.3) is 0 Å². The molecule has 0 saturated heterocycles. The third-order valence-corrected chi connectivity index (χ3v) is 3.39. The van der Waals surface area contributed by atoms with Crippen LogP contribution >= 0.6 is 0 Å². The second kappa shape index (κ2) is 8.73. The fourth-order valence-electron chi connectivity index (χ4n) is 2.07. The summed E-state index contributed by atoms with van der Waals surface area (Å²) in [6.45, 7) is 1.17. The molecule has 0 aliphatic carbocycles. The Morgan fingerprint density at radius 2 is 1.96 bits per heavy atom. The molecule has 1 heterocycles. The fourth-order valence-corrected chi connectivity index (χ4v) is 2.07. The van der Waals surface area contributed by atoms with E-state index in [-0.39, 0.29) is 5.91 Å². The average molecular weight is 313 g/mol. The Balaban J connectivity index is 1.65. The van der Waals surface area contributed by atoms with E-state index in [9.17, 15) is 4.79 Å². The number of aromatic nitrogens is 2. The first kappa shape index (κ1) is 16.7. The molecular weight excluding hydrogens is 290 g/mol. The van der Waals surface area contributed by atoms with Crippen molar-refractivity contribution < 1.29 is 4.79 Å². The highest BCUT2D eigenvalue weighted by molar-refractivity contribution is 5.76. The summed E-state index contributed by atoms with van der Waals surface area (Å²) < 4.78 is 0. The zero-order chi connectivity index (χ0) is 16.5. The number of hydrogen-bond acceptors (Lipinski definition) is 5. The summed E-state index contributed by atoms with van der Waals surface area (Å²) in [6.07, 6.45) is 2.97. The molecule has 0 radical (unpaired) electrons. The lowest BCUT2D eigenvalue weighted by Crippen LogP contribution is -2.29. The minimum Gasteiger partial charge on any atom is -0.376 e. The normalized spacial score (nSPS) is 10.2. The monoisotopic (exact) mass is 313 g/mol. The summed E-state index contributed by atoms with van der Waals surface area (Å²) >= 11 is 0. The topological polar surface area (TPSA) is 70.2 Å². The van der Waals surface area contributed by atoms with E-state index in [1.165, 1.54) is 5.56 Å². The number of carbonyl (C=O) groups is 1. The molecule has 0 aliphatic heterocycles. The van der Waals surface area contributed by atoms with E-state index in [0.717, 1.165) is 12.1 Å². The van der Waals surface area contributed by atoms with Crippen LogP contribution < -0.4 is 15.5 Å². The Kier molecular flexibility index (Phi) is 6.35. The highest BCUT2D eigenvalue weighted by Crippen LogP contribution is 2.12. The summed E-state index contributed by atoms with van der Waals surface area (Å²) in [5.41, 5.74) is 2.16. The lowest BCUT2D eigenvalue weighted by molar-refractivity contribution is -0.120. The van der Waals surface area contributed by atoms with Crippen LogP contribution in [0.25, 0.3) is 0 Å². The van der Waals surface area contributed by atoms with Crippen molar-refractivity contribution in [2.24, 2.45) is 0 Å². The summed E-state index contributed by atoms with van der Waals surface area (Å²) in [7, 11) is 3.90. The van der Waals surface area contributed by atoms with Gasteiger partial charge in [-0.3, -0.25) is 4.79 Å². The van der Waals surface area contributed by atoms with E-state index >= 15 is 0 Å². The average Bonchev–Trinajstić information content (AvgIpc) is 2.58. The van der Waals surface area contributed by atoms with Crippen molar-refractivity contribution in [3.63, 3.8) is 0 Å². The molecule has 0 fully saturated rings. The molecule has 0 bridgehead atoms. The molecule has 0 atom stereocenters. The van der Waals surface area contributed by atoms with Crippen molar-refractivity contribution in [2.45, 2.75) is 12.8 Å². The Bertz CT molecular complexity index is 615. The zero-order valence-corrected chi connectivity index (χ0v) is 13.6. The SMILES string of the molecule is CN(C)c1cnnc(NCCNC(=O)CCc2ccccc2)c1. The Labute approximate surface area is 136 Å². The van der Waals surface area contributed by atoms with Crippen LogP contribution in [0.3, 0.4) is 0 Å². The van der Waals surface area contributed by atoms with Crippen LogP contribution in [-0.2, 0) is 11.2 Å². The van der Waals surface area contributed by atoms with E-state index in [4.69, 9.17) is 0 Å². The van der Waals surface area contributed by atoms with Gasteiger partial charge in [0.15, 0.2) is 5.82 Å². The minimum atomic E-state index is 0.0591. The van der Waals surface area contributed by atoms with Crippen LogP contribution in [0.1, 0.15) is 12.0 Å². The Morgan fingerprint density at radius 3 is 2.70 bits per heavy atom. The fraction of sp³-hybridized carbons (Fsp3) is 0.353. The van der Waals surface area contributed by atoms with Gasteiger partial charge in [0, 0.05) is 39.7 Å². The largest absolute Gasteiger partial charge is 0.376 e. The minimum absolute atomic E-state index is 0.0591. The van der Waals surface area contributed by atoms with Crippen LogP contribution in [0.4, 0.5) is 11.5 Å². The number of rotatable bonds is 8. The molecule has 2 N–H and O–H groups in total. The van der Waals surface area contributed by atoms with E-state index < -0.39 is 0 Å². The predicted octanol–water partition coefficient (Wildman–Crippen LogP) is 1.70. The number of nitrogens with zero attached hydrogens (tertiary/aromatic N) is 3. The molecule has 23 heavy (non-hydrogen) atoms. The Hall–Kier alpha value is -2.63. The van der Waals surface area contributed by atoms with Crippen LogP contribution in [0, 0.1) is 0 Å². The second-order valence-corrected chi connectivity index (χ2v) is 5.46. The molecule has 6 nitrogen and oxygen atoms in total. The maximum Gasteiger partial charge on any atom is 0.220 e. The predicted molar refractivity (Wildman–Crippen MR) is 92.6 cm³/mol. The molecule has 0 saturated carbocycles. The number of hydrogen-bond donors (Lipinski definition) is 2. The molecule has 2 rings (SSSR count). The number of nitrogens with one attached hydrogen (secondary N) is 2. The van der Waals surface area contributed by atoms with Gasteiger partial charge in [0.1, 0.15) is 0 Å². The van der Waals surface area contributed by atoms with Crippen molar-refractivity contribution in [1.82, 2.24) is 15.5 Å². The van der Waals surface area contributed by atoms with E-state index in [2.05, 4.69) is 20.8 Å². The summed E-state index contributed by atoms with van der Waals surface area (Å²) in [4.78, 5) is 13.8. The first-order valence-corrected chi connectivity index (χ1v) is 7.69. The number of anilines is 2. The molecular formula is C17H23N5O. The standard InChI is InChI=1S/C17H23N5O/c1-22(2)15-12-16(21-20-13-15)18-10-11-19-17(23)9-8-14-6-4-3-5-7-14/h3-7,12-13H,8-11H2,1-2H3,(H,18,21)(H,19,23). The molecule has 122 valence electrons. The van der Waals surface area contributed by atoms with Gasteiger partial charge in [-0.15, -0.1) is 5.10 Å². The molecule has 0 unspecified atom stereocenters. The number of amides is 1. The quantitative estimate of drug-likeness (QED) is 0.726. The summed E-state index contributed by atoms with van der Waals surface area (Å²) in [5.74, 6) is 0.763. The van der Waals surface area contributed by atoms with E-state index in [1.54, 1.807) is 6.20 Å². The van der Waals surface area contributed by atoms with Gasteiger partial charge in [-0.2, -0.15) is 5.10 Å². The number of carbonyl (C=O) groups excluding carboxylic acids is 1. The smallest absolute Gasteiger partial charge is 0.220 e. The second-order valence-electron chi connectivity index (χ2n) is 5.46. The van der Waals surface area contributed by atoms with Gasteiger partial charge in [0.2, 0.25) is 5.91 Å². The molecule has 6 heteroatoms. The van der Waals surface area contributed by atoms with Gasteiger partial charge in [-0.1, -0.05) is 30.3 Å². The van der Waals surface area contributed by atoms with Gasteiger partial charge < -0.3 is 15.5 Å². The highest BCUT2D eigenvalue weighted by atomic mass is 16.1. The first-order chi connectivity index (χ1) is 11.1. The lowest BCUT2D eigenvalue weighted by Gasteiger charge is -2.13. The van der Waals surface area contributed by atoms with Crippen molar-refractivity contribution in [1.29, 1.82) is 0 Å².